The Morgan fingerprint density at radius 2 is 1.39 bits per heavy atom. The second-order valence-electron chi connectivity index (χ2n) is 7.79. The van der Waals surface area contributed by atoms with Crippen LogP contribution >= 0.6 is 35.0 Å². The zero-order chi connectivity index (χ0) is 24.7. The predicted molar refractivity (Wildman–Crippen MR) is 141 cm³/mol. The van der Waals surface area contributed by atoms with E-state index >= 15 is 0 Å². The Morgan fingerprint density at radius 1 is 0.879 bits per heavy atom. The van der Waals surface area contributed by atoms with E-state index in [1.807, 2.05) is 6.07 Å². The zero-order valence-electron chi connectivity index (χ0n) is 19.7. The molecule has 0 radical (unpaired) electrons. The number of carbonyl (C=O) groups excluding carboxylic acids is 2. The lowest BCUT2D eigenvalue weighted by molar-refractivity contribution is -0.138. The van der Waals surface area contributed by atoms with Gasteiger partial charge in [-0.1, -0.05) is 82.9 Å². The number of benzene rings is 1. The first-order valence-corrected chi connectivity index (χ1v) is 14.0. The molecular formula is C25H39Cl2NO4S. The van der Waals surface area contributed by atoms with Crippen molar-refractivity contribution >= 4 is 52.6 Å². The maximum Gasteiger partial charge on any atom is 0.327 e. The summed E-state index contributed by atoms with van der Waals surface area (Å²) in [7, 11) is 0. The number of ketones is 1. The molecule has 188 valence electrons. The van der Waals surface area contributed by atoms with Crippen LogP contribution in [0.4, 0.5) is 0 Å². The monoisotopic (exact) mass is 519 g/mol. The third-order valence-electron chi connectivity index (χ3n) is 4.86. The highest BCUT2D eigenvalue weighted by molar-refractivity contribution is 7.99. The average molecular weight is 521 g/mol. The number of Topliss-reactive ketones (excluding diaryl/α,β-unsaturated/α-hetero) is 1. The van der Waals surface area contributed by atoms with Gasteiger partial charge in [-0.15, -0.1) is 23.2 Å². The third kappa shape index (κ3) is 18.8. The Bertz CT molecular complexity index is 641. The lowest BCUT2D eigenvalue weighted by Gasteiger charge is -2.14. The topological polar surface area (TPSA) is 83.5 Å². The number of amides is 1. The fourth-order valence-corrected chi connectivity index (χ4v) is 4.26. The zero-order valence-corrected chi connectivity index (χ0v) is 22.0. The van der Waals surface area contributed by atoms with E-state index in [0.29, 0.717) is 11.3 Å². The summed E-state index contributed by atoms with van der Waals surface area (Å²) >= 11 is 11.6. The van der Waals surface area contributed by atoms with E-state index in [2.05, 4.69) is 12.2 Å². The number of hydrogen-bond donors (Lipinski definition) is 2. The molecule has 0 spiro atoms. The van der Waals surface area contributed by atoms with Crippen molar-refractivity contribution in [3.63, 3.8) is 0 Å². The summed E-state index contributed by atoms with van der Waals surface area (Å²) in [5.74, 6) is -0.0180. The van der Waals surface area contributed by atoms with Gasteiger partial charge in [0.15, 0.2) is 5.78 Å². The minimum Gasteiger partial charge on any atom is -0.480 e. The molecule has 1 aromatic rings. The van der Waals surface area contributed by atoms with Gasteiger partial charge in [0.05, 0.1) is 11.8 Å². The van der Waals surface area contributed by atoms with Gasteiger partial charge in [-0.2, -0.15) is 11.8 Å². The van der Waals surface area contributed by atoms with Gasteiger partial charge in [-0.05, 0) is 24.3 Å². The molecular weight excluding hydrogens is 481 g/mol. The lowest BCUT2D eigenvalue weighted by Crippen LogP contribution is -2.42. The largest absolute Gasteiger partial charge is 0.480 e. The number of hydrogen-bond acceptors (Lipinski definition) is 4. The molecule has 5 nitrogen and oxygen atoms in total. The second kappa shape index (κ2) is 22.5. The summed E-state index contributed by atoms with van der Waals surface area (Å²) in [4.78, 5) is 33.4. The van der Waals surface area contributed by atoms with Crippen LogP contribution < -0.4 is 5.32 Å². The average Bonchev–Trinajstić information content (AvgIpc) is 2.84. The van der Waals surface area contributed by atoms with Crippen molar-refractivity contribution < 1.29 is 19.5 Å². The SMILES string of the molecule is CCCCCCCCCCCCSCC(NC(=O)c1ccccc1)C(=O)O.O=C(CCl)CCl. The molecule has 0 aliphatic heterocycles. The number of rotatable bonds is 18. The fourth-order valence-electron chi connectivity index (χ4n) is 2.93. The lowest BCUT2D eigenvalue weighted by atomic mass is 10.1. The maximum absolute atomic E-state index is 12.1. The van der Waals surface area contributed by atoms with Crippen molar-refractivity contribution in [1.29, 1.82) is 0 Å². The van der Waals surface area contributed by atoms with Gasteiger partial charge in [0.25, 0.3) is 5.91 Å². The minimum atomic E-state index is -0.977. The van der Waals surface area contributed by atoms with Gasteiger partial charge >= 0.3 is 5.97 Å². The molecule has 1 amide bonds. The first-order chi connectivity index (χ1) is 16.0. The molecule has 33 heavy (non-hydrogen) atoms. The van der Waals surface area contributed by atoms with E-state index in [4.69, 9.17) is 23.2 Å². The molecule has 0 aliphatic carbocycles. The van der Waals surface area contributed by atoms with Crippen LogP contribution in [0.2, 0.25) is 0 Å². The number of aliphatic carboxylic acids is 1. The molecule has 8 heteroatoms. The van der Waals surface area contributed by atoms with Crippen LogP contribution in [-0.2, 0) is 9.59 Å². The van der Waals surface area contributed by atoms with E-state index < -0.39 is 12.0 Å². The highest BCUT2D eigenvalue weighted by atomic mass is 35.5. The van der Waals surface area contributed by atoms with Crippen LogP contribution in [0.25, 0.3) is 0 Å². The number of carboxylic acids is 1. The Labute approximate surface area is 213 Å². The normalized spacial score (nSPS) is 11.2. The van der Waals surface area contributed by atoms with E-state index in [-0.39, 0.29) is 23.5 Å². The number of thioether (sulfide) groups is 1. The molecule has 0 saturated carbocycles. The van der Waals surface area contributed by atoms with Crippen LogP contribution in [0.15, 0.2) is 30.3 Å². The Balaban J connectivity index is 0.00000150. The van der Waals surface area contributed by atoms with Gasteiger partial charge in [0.1, 0.15) is 6.04 Å². The number of unbranched alkanes of at least 4 members (excludes halogenated alkanes) is 9. The summed E-state index contributed by atoms with van der Waals surface area (Å²) in [6.07, 6.45) is 13.0. The summed E-state index contributed by atoms with van der Waals surface area (Å²) < 4.78 is 0. The van der Waals surface area contributed by atoms with Crippen LogP contribution in [0.3, 0.4) is 0 Å². The summed E-state index contributed by atoms with van der Waals surface area (Å²) in [6.45, 7) is 2.24. The van der Waals surface area contributed by atoms with Crippen molar-refractivity contribution in [3.8, 4) is 0 Å². The predicted octanol–water partition coefficient (Wildman–Crippen LogP) is 6.56. The standard InChI is InChI=1S/C22H35NO3S.C3H4Cl2O/c1-2-3-4-5-6-7-8-9-10-14-17-27-18-20(22(25)26)23-21(24)19-15-12-11-13-16-19;4-1-3(6)2-5/h11-13,15-16,20H,2-10,14,17-18H2,1H3,(H,23,24)(H,25,26);1-2H2. The van der Waals surface area contributed by atoms with Crippen molar-refractivity contribution in [2.75, 3.05) is 23.3 Å². The van der Waals surface area contributed by atoms with E-state index in [1.165, 1.54) is 57.8 Å². The smallest absolute Gasteiger partial charge is 0.327 e. The highest BCUT2D eigenvalue weighted by Gasteiger charge is 2.20. The van der Waals surface area contributed by atoms with Gasteiger partial charge in [0.2, 0.25) is 0 Å². The molecule has 0 aromatic heterocycles. The Kier molecular flexibility index (Phi) is 21.7. The minimum absolute atomic E-state index is 0.0312. The molecule has 1 aromatic carbocycles. The first kappa shape index (κ1) is 31.8. The van der Waals surface area contributed by atoms with Crippen molar-refractivity contribution in [2.45, 2.75) is 77.2 Å². The number of alkyl halides is 2. The van der Waals surface area contributed by atoms with Crippen LogP contribution in [-0.4, -0.2) is 52.1 Å². The highest BCUT2D eigenvalue weighted by Crippen LogP contribution is 2.13. The Hall–Kier alpha value is -1.24. The van der Waals surface area contributed by atoms with Gasteiger partial charge < -0.3 is 10.4 Å². The number of carbonyl (C=O) groups is 3. The molecule has 0 saturated heterocycles. The number of halogens is 2. The maximum atomic E-state index is 12.1. The summed E-state index contributed by atoms with van der Waals surface area (Å²) in [6, 6.07) is 7.89. The molecule has 0 heterocycles. The van der Waals surface area contributed by atoms with Gasteiger partial charge in [-0.3, -0.25) is 9.59 Å². The second-order valence-corrected chi connectivity index (χ2v) is 9.48. The van der Waals surface area contributed by atoms with Gasteiger partial charge in [0, 0.05) is 11.3 Å². The van der Waals surface area contributed by atoms with E-state index in [9.17, 15) is 19.5 Å². The molecule has 2 N–H and O–H groups in total. The van der Waals surface area contributed by atoms with Crippen LogP contribution in [0, 0.1) is 0 Å². The number of carboxylic acid groups (broad SMARTS) is 1. The number of nitrogens with one attached hydrogen (secondary N) is 1. The quantitative estimate of drug-likeness (QED) is 0.169. The van der Waals surface area contributed by atoms with Crippen LogP contribution in [0.1, 0.15) is 81.5 Å². The molecule has 1 atom stereocenters. The van der Waals surface area contributed by atoms with E-state index in [1.54, 1.807) is 36.0 Å². The molecule has 0 aliphatic rings. The summed E-state index contributed by atoms with van der Waals surface area (Å²) in [5, 5.41) is 11.9. The van der Waals surface area contributed by atoms with Crippen molar-refractivity contribution in [1.82, 2.24) is 5.32 Å². The molecule has 0 fully saturated rings. The third-order valence-corrected chi connectivity index (χ3v) is 6.61. The molecule has 1 rings (SSSR count). The fraction of sp³-hybridized carbons (Fsp3) is 0.640. The van der Waals surface area contributed by atoms with Crippen molar-refractivity contribution in [2.24, 2.45) is 0 Å². The first-order valence-electron chi connectivity index (χ1n) is 11.8. The summed E-state index contributed by atoms with van der Waals surface area (Å²) in [5.41, 5.74) is 0.489. The molecule has 1 unspecified atom stereocenters. The Morgan fingerprint density at radius 3 is 1.85 bits per heavy atom. The molecule has 0 bridgehead atoms. The van der Waals surface area contributed by atoms with Crippen LogP contribution in [0.5, 0.6) is 0 Å². The van der Waals surface area contributed by atoms with Gasteiger partial charge in [-0.25, -0.2) is 4.79 Å². The van der Waals surface area contributed by atoms with E-state index in [0.717, 1.165) is 12.2 Å². The van der Waals surface area contributed by atoms with Crippen molar-refractivity contribution in [3.05, 3.63) is 35.9 Å².